The molecule has 1 aliphatic heterocycles. The van der Waals surface area contributed by atoms with Crippen molar-refractivity contribution in [2.24, 2.45) is 0 Å². The first-order valence-corrected chi connectivity index (χ1v) is 3.69. The zero-order valence-corrected chi connectivity index (χ0v) is 6.13. The minimum atomic E-state index is 0.378. The van der Waals surface area contributed by atoms with Gasteiger partial charge in [-0.3, -0.25) is 5.41 Å². The molecule has 2 nitrogen and oxygen atoms in total. The van der Waals surface area contributed by atoms with Crippen molar-refractivity contribution < 1.29 is 4.74 Å². The largest absolute Gasteiger partial charge is 0.443 e. The van der Waals surface area contributed by atoms with E-state index in [9.17, 15) is 0 Å². The maximum absolute atomic E-state index is 7.30. The van der Waals surface area contributed by atoms with E-state index in [1.807, 2.05) is 24.3 Å². The summed E-state index contributed by atoms with van der Waals surface area (Å²) in [6, 6.07) is 7.87. The molecule has 1 N–H and O–H groups in total. The van der Waals surface area contributed by atoms with Gasteiger partial charge in [0.15, 0.2) is 5.90 Å². The molecular formula is C9H9NO. The predicted octanol–water partition coefficient (Wildman–Crippen LogP) is 1.99. The lowest BCUT2D eigenvalue weighted by Gasteiger charge is -2.16. The molecule has 0 spiro atoms. The van der Waals surface area contributed by atoms with Crippen LogP contribution in [0.25, 0.3) is 0 Å². The molecule has 1 aromatic carbocycles. The average Bonchev–Trinajstić information content (AvgIpc) is 2.04. The third kappa shape index (κ3) is 1.11. The van der Waals surface area contributed by atoms with E-state index in [4.69, 9.17) is 10.1 Å². The smallest absolute Gasteiger partial charge is 0.187 e. The first-order valence-electron chi connectivity index (χ1n) is 3.69. The molecule has 56 valence electrons. The van der Waals surface area contributed by atoms with Gasteiger partial charge < -0.3 is 4.74 Å². The second-order valence-electron chi connectivity index (χ2n) is 2.63. The van der Waals surface area contributed by atoms with Crippen LogP contribution in [0.3, 0.4) is 0 Å². The first kappa shape index (κ1) is 6.40. The summed E-state index contributed by atoms with van der Waals surface area (Å²) in [6.45, 7) is 0. The van der Waals surface area contributed by atoms with Crippen molar-refractivity contribution >= 4 is 5.90 Å². The second-order valence-corrected chi connectivity index (χ2v) is 2.63. The fraction of sp³-hybridized carbons (Fsp3) is 0.222. The van der Waals surface area contributed by atoms with Gasteiger partial charge in [0, 0.05) is 6.42 Å². The Morgan fingerprint density at radius 3 is 2.91 bits per heavy atom. The van der Waals surface area contributed by atoms with Crippen molar-refractivity contribution in [3.8, 4) is 5.75 Å². The van der Waals surface area contributed by atoms with Gasteiger partial charge in [0.25, 0.3) is 0 Å². The lowest BCUT2D eigenvalue weighted by Crippen LogP contribution is -2.14. The van der Waals surface area contributed by atoms with Gasteiger partial charge in [-0.2, -0.15) is 0 Å². The van der Waals surface area contributed by atoms with Crippen molar-refractivity contribution in [1.29, 1.82) is 5.41 Å². The Labute approximate surface area is 65.3 Å². The van der Waals surface area contributed by atoms with Gasteiger partial charge in [0.1, 0.15) is 5.75 Å². The van der Waals surface area contributed by atoms with Crippen LogP contribution in [0, 0.1) is 5.41 Å². The normalized spacial score (nSPS) is 15.5. The number of hydrogen-bond acceptors (Lipinski definition) is 2. The third-order valence-electron chi connectivity index (χ3n) is 1.83. The van der Waals surface area contributed by atoms with Crippen LogP contribution >= 0.6 is 0 Å². The van der Waals surface area contributed by atoms with Gasteiger partial charge >= 0.3 is 0 Å². The summed E-state index contributed by atoms with van der Waals surface area (Å²) in [5, 5.41) is 7.30. The zero-order chi connectivity index (χ0) is 7.68. The molecule has 0 aromatic heterocycles. The number of hydrogen-bond donors (Lipinski definition) is 1. The highest BCUT2D eigenvalue weighted by Gasteiger charge is 2.12. The SMILES string of the molecule is N=C1CCc2ccccc2O1. The van der Waals surface area contributed by atoms with Crippen LogP contribution < -0.4 is 4.74 Å². The van der Waals surface area contributed by atoms with E-state index < -0.39 is 0 Å². The molecule has 2 rings (SSSR count). The van der Waals surface area contributed by atoms with Gasteiger partial charge in [-0.25, -0.2) is 0 Å². The number of benzene rings is 1. The van der Waals surface area contributed by atoms with E-state index in [0.29, 0.717) is 5.90 Å². The van der Waals surface area contributed by atoms with Crippen LogP contribution in [0.15, 0.2) is 24.3 Å². The molecule has 0 amide bonds. The molecule has 1 heterocycles. The number of rotatable bonds is 0. The Balaban J connectivity index is 2.41. The van der Waals surface area contributed by atoms with E-state index in [1.54, 1.807) is 0 Å². The summed E-state index contributed by atoms with van der Waals surface area (Å²) < 4.78 is 5.22. The molecule has 1 aromatic rings. The standard InChI is InChI=1S/C9H9NO/c10-9-6-5-7-3-1-2-4-8(7)11-9/h1-4,10H,5-6H2. The molecule has 2 heteroatoms. The van der Waals surface area contributed by atoms with Crippen molar-refractivity contribution in [3.05, 3.63) is 29.8 Å². The molecule has 1 aliphatic rings. The topological polar surface area (TPSA) is 33.1 Å². The highest BCUT2D eigenvalue weighted by Crippen LogP contribution is 2.23. The Kier molecular flexibility index (Phi) is 1.39. The second kappa shape index (κ2) is 2.38. The van der Waals surface area contributed by atoms with Gasteiger partial charge in [-0.1, -0.05) is 18.2 Å². The van der Waals surface area contributed by atoms with Crippen LogP contribution in [0.2, 0.25) is 0 Å². The maximum atomic E-state index is 7.30. The summed E-state index contributed by atoms with van der Waals surface area (Å²) in [4.78, 5) is 0. The highest BCUT2D eigenvalue weighted by atomic mass is 16.5. The highest BCUT2D eigenvalue weighted by molar-refractivity contribution is 5.77. The van der Waals surface area contributed by atoms with Gasteiger partial charge in [0.2, 0.25) is 0 Å². The van der Waals surface area contributed by atoms with Crippen molar-refractivity contribution in [2.75, 3.05) is 0 Å². The van der Waals surface area contributed by atoms with Crippen LogP contribution in [0.4, 0.5) is 0 Å². The van der Waals surface area contributed by atoms with Gasteiger partial charge in [-0.05, 0) is 18.1 Å². The Hall–Kier alpha value is -1.31. The molecule has 0 unspecified atom stereocenters. The van der Waals surface area contributed by atoms with Gasteiger partial charge in [0.05, 0.1) is 0 Å². The number of para-hydroxylation sites is 1. The summed E-state index contributed by atoms with van der Waals surface area (Å²) in [5.41, 5.74) is 1.21. The van der Waals surface area contributed by atoms with Crippen LogP contribution in [-0.4, -0.2) is 5.90 Å². The number of ether oxygens (including phenoxy) is 1. The summed E-state index contributed by atoms with van der Waals surface area (Å²) >= 11 is 0. The predicted molar refractivity (Wildman–Crippen MR) is 43.1 cm³/mol. The minimum absolute atomic E-state index is 0.378. The summed E-state index contributed by atoms with van der Waals surface area (Å²) in [7, 11) is 0. The Morgan fingerprint density at radius 1 is 1.18 bits per heavy atom. The van der Waals surface area contributed by atoms with Crippen molar-refractivity contribution in [1.82, 2.24) is 0 Å². The molecule has 11 heavy (non-hydrogen) atoms. The van der Waals surface area contributed by atoms with E-state index in [1.165, 1.54) is 5.56 Å². The van der Waals surface area contributed by atoms with Crippen LogP contribution in [0.1, 0.15) is 12.0 Å². The molecule has 0 saturated carbocycles. The van der Waals surface area contributed by atoms with E-state index >= 15 is 0 Å². The molecule has 0 aliphatic carbocycles. The van der Waals surface area contributed by atoms with E-state index in [-0.39, 0.29) is 0 Å². The monoisotopic (exact) mass is 147 g/mol. The lowest BCUT2D eigenvalue weighted by atomic mass is 10.1. The maximum Gasteiger partial charge on any atom is 0.187 e. The molecular weight excluding hydrogens is 138 g/mol. The zero-order valence-electron chi connectivity index (χ0n) is 6.13. The molecule has 0 radical (unpaired) electrons. The average molecular weight is 147 g/mol. The number of fused-ring (bicyclic) bond motifs is 1. The van der Waals surface area contributed by atoms with Crippen molar-refractivity contribution in [3.63, 3.8) is 0 Å². The molecule has 0 atom stereocenters. The fourth-order valence-corrected chi connectivity index (χ4v) is 1.24. The molecule has 0 fully saturated rings. The fourth-order valence-electron chi connectivity index (χ4n) is 1.24. The third-order valence-corrected chi connectivity index (χ3v) is 1.83. The summed E-state index contributed by atoms with van der Waals surface area (Å²) in [5.74, 6) is 1.23. The van der Waals surface area contributed by atoms with Crippen LogP contribution in [-0.2, 0) is 6.42 Å². The van der Waals surface area contributed by atoms with E-state index in [2.05, 4.69) is 0 Å². The quantitative estimate of drug-likeness (QED) is 0.598. The first-order chi connectivity index (χ1) is 5.36. The lowest BCUT2D eigenvalue weighted by molar-refractivity contribution is 0.498. The Bertz CT molecular complexity index is 293. The van der Waals surface area contributed by atoms with Crippen molar-refractivity contribution in [2.45, 2.75) is 12.8 Å². The number of nitrogens with one attached hydrogen (secondary N) is 1. The Morgan fingerprint density at radius 2 is 2.00 bits per heavy atom. The minimum Gasteiger partial charge on any atom is -0.443 e. The molecule has 0 saturated heterocycles. The van der Waals surface area contributed by atoms with Crippen LogP contribution in [0.5, 0.6) is 5.75 Å². The van der Waals surface area contributed by atoms with Gasteiger partial charge in [-0.15, -0.1) is 0 Å². The molecule has 0 bridgehead atoms. The van der Waals surface area contributed by atoms with E-state index in [0.717, 1.165) is 18.6 Å². The number of aryl methyl sites for hydroxylation is 1. The summed E-state index contributed by atoms with van der Waals surface area (Å²) in [6.07, 6.45) is 1.67.